The zero-order chi connectivity index (χ0) is 22.7. The van der Waals surface area contributed by atoms with E-state index in [1.807, 2.05) is 6.92 Å². The highest BCUT2D eigenvalue weighted by atomic mass is 32.2. The number of hydrogen-bond donors (Lipinski definition) is 0. The molecule has 1 aliphatic rings. The Morgan fingerprint density at radius 1 is 1.16 bits per heavy atom. The molecular formula is C24H24FNO5S. The molecule has 0 bridgehead atoms. The van der Waals surface area contributed by atoms with Crippen molar-refractivity contribution in [2.24, 2.45) is 0 Å². The molecule has 1 atom stereocenters. The largest absolute Gasteiger partial charge is 0.494 e. The number of ether oxygens (including phenoxy) is 1. The summed E-state index contributed by atoms with van der Waals surface area (Å²) in [5, 5.41) is 0. The van der Waals surface area contributed by atoms with Gasteiger partial charge in [-0.25, -0.2) is 12.8 Å². The first-order chi connectivity index (χ1) is 15.3. The van der Waals surface area contributed by atoms with Crippen molar-refractivity contribution in [1.29, 1.82) is 0 Å². The lowest BCUT2D eigenvalue weighted by Gasteiger charge is -2.27. The Morgan fingerprint density at radius 2 is 1.94 bits per heavy atom. The fourth-order valence-corrected chi connectivity index (χ4v) is 5.57. The van der Waals surface area contributed by atoms with Gasteiger partial charge < -0.3 is 14.1 Å². The van der Waals surface area contributed by atoms with Crippen LogP contribution >= 0.6 is 0 Å². The standard InChI is InChI=1S/C24H24FNO5S/c1-2-30-21-5-3-4-18(14-21)24(27)26(20-12-13-32(28,29)16-20)15-22-10-11-23(31-22)17-6-8-19(25)9-7-17/h3-11,14,20H,2,12-13,15-16H2,1H3/t20-/m1/s1. The Balaban J connectivity index is 1.61. The summed E-state index contributed by atoms with van der Waals surface area (Å²) in [5.74, 6) is 0.999. The SMILES string of the molecule is CCOc1cccc(C(=O)N(Cc2ccc(-c3ccc(F)cc3)o2)[C@@H]2CCS(=O)(=O)C2)c1. The molecule has 1 fully saturated rings. The fraction of sp³-hybridized carbons (Fsp3) is 0.292. The summed E-state index contributed by atoms with van der Waals surface area (Å²) in [6.45, 7) is 2.46. The predicted octanol–water partition coefficient (Wildman–Crippen LogP) is 4.31. The first kappa shape index (κ1) is 22.1. The van der Waals surface area contributed by atoms with Crippen LogP contribution in [0.15, 0.2) is 65.1 Å². The van der Waals surface area contributed by atoms with Crippen LogP contribution < -0.4 is 4.74 Å². The van der Waals surface area contributed by atoms with Gasteiger partial charge in [-0.3, -0.25) is 4.79 Å². The van der Waals surface area contributed by atoms with Gasteiger partial charge in [-0.15, -0.1) is 0 Å². The second-order valence-electron chi connectivity index (χ2n) is 7.72. The van der Waals surface area contributed by atoms with Crippen LogP contribution in [-0.4, -0.2) is 43.4 Å². The van der Waals surface area contributed by atoms with Crippen LogP contribution in [-0.2, 0) is 16.4 Å². The van der Waals surface area contributed by atoms with Crippen LogP contribution in [0.1, 0.15) is 29.5 Å². The summed E-state index contributed by atoms with van der Waals surface area (Å²) in [5.41, 5.74) is 1.13. The number of nitrogens with zero attached hydrogens (tertiary/aromatic N) is 1. The van der Waals surface area contributed by atoms with Crippen LogP contribution in [0.3, 0.4) is 0 Å². The van der Waals surface area contributed by atoms with Crippen molar-refractivity contribution in [3.05, 3.63) is 77.8 Å². The van der Waals surface area contributed by atoms with E-state index >= 15 is 0 Å². The number of halogens is 1. The van der Waals surface area contributed by atoms with E-state index in [-0.39, 0.29) is 29.8 Å². The first-order valence-corrected chi connectivity index (χ1v) is 12.3. The molecule has 0 aliphatic carbocycles. The third-order valence-corrected chi connectivity index (χ3v) is 7.17. The van der Waals surface area contributed by atoms with Gasteiger partial charge in [0.25, 0.3) is 5.91 Å². The van der Waals surface area contributed by atoms with Crippen LogP contribution in [0, 0.1) is 5.82 Å². The Labute approximate surface area is 186 Å². The summed E-state index contributed by atoms with van der Waals surface area (Å²) in [6, 6.07) is 15.8. The fourth-order valence-electron chi connectivity index (χ4n) is 3.84. The molecule has 8 heteroatoms. The number of carbonyl (C=O) groups is 1. The Morgan fingerprint density at radius 3 is 2.62 bits per heavy atom. The van der Waals surface area contributed by atoms with Gasteiger partial charge >= 0.3 is 0 Å². The van der Waals surface area contributed by atoms with Gasteiger partial charge in [0, 0.05) is 17.2 Å². The molecule has 1 amide bonds. The van der Waals surface area contributed by atoms with Crippen LogP contribution in [0.5, 0.6) is 5.75 Å². The highest BCUT2D eigenvalue weighted by Gasteiger charge is 2.35. The maximum atomic E-state index is 13.4. The molecule has 168 valence electrons. The molecule has 2 aromatic carbocycles. The quantitative estimate of drug-likeness (QED) is 0.528. The van der Waals surface area contributed by atoms with Crippen molar-refractivity contribution < 1.29 is 26.8 Å². The lowest BCUT2D eigenvalue weighted by Crippen LogP contribution is -2.40. The minimum Gasteiger partial charge on any atom is -0.494 e. The van der Waals surface area contributed by atoms with Crippen LogP contribution in [0.25, 0.3) is 11.3 Å². The summed E-state index contributed by atoms with van der Waals surface area (Å²) < 4.78 is 48.8. The minimum absolute atomic E-state index is 0.0550. The Kier molecular flexibility index (Phi) is 6.32. The molecule has 0 radical (unpaired) electrons. The highest BCUT2D eigenvalue weighted by molar-refractivity contribution is 7.91. The van der Waals surface area contributed by atoms with E-state index in [0.717, 1.165) is 0 Å². The summed E-state index contributed by atoms with van der Waals surface area (Å²) >= 11 is 0. The number of rotatable bonds is 7. The van der Waals surface area contributed by atoms with E-state index in [4.69, 9.17) is 9.15 Å². The number of carbonyl (C=O) groups excluding carboxylic acids is 1. The zero-order valence-electron chi connectivity index (χ0n) is 17.7. The lowest BCUT2D eigenvalue weighted by molar-refractivity contribution is 0.0666. The van der Waals surface area contributed by atoms with Gasteiger partial charge in [0.1, 0.15) is 23.1 Å². The average molecular weight is 458 g/mol. The number of hydrogen-bond acceptors (Lipinski definition) is 5. The van der Waals surface area contributed by atoms with Crippen molar-refractivity contribution in [3.63, 3.8) is 0 Å². The van der Waals surface area contributed by atoms with E-state index in [2.05, 4.69) is 0 Å². The predicted molar refractivity (Wildman–Crippen MR) is 119 cm³/mol. The van der Waals surface area contributed by atoms with Gasteiger partial charge in [0.15, 0.2) is 9.84 Å². The summed E-state index contributed by atoms with van der Waals surface area (Å²) in [7, 11) is -3.19. The maximum absolute atomic E-state index is 13.4. The van der Waals surface area contributed by atoms with Crippen molar-refractivity contribution in [1.82, 2.24) is 4.90 Å². The van der Waals surface area contributed by atoms with E-state index in [1.54, 1.807) is 53.4 Å². The lowest BCUT2D eigenvalue weighted by atomic mass is 10.1. The molecule has 2 heterocycles. The molecule has 0 saturated carbocycles. The van der Waals surface area contributed by atoms with Gasteiger partial charge in [-0.2, -0.15) is 0 Å². The summed E-state index contributed by atoms with van der Waals surface area (Å²) in [6.07, 6.45) is 0.380. The third kappa shape index (κ3) is 5.02. The second kappa shape index (κ2) is 9.16. The number of benzene rings is 2. The van der Waals surface area contributed by atoms with Crippen LogP contribution in [0.2, 0.25) is 0 Å². The number of sulfone groups is 1. The summed E-state index contributed by atoms with van der Waals surface area (Å²) in [4.78, 5) is 15.0. The molecule has 1 aliphatic heterocycles. The van der Waals surface area contributed by atoms with Crippen molar-refractivity contribution in [2.45, 2.75) is 25.9 Å². The van der Waals surface area contributed by atoms with E-state index in [0.29, 0.717) is 41.4 Å². The van der Waals surface area contributed by atoms with Crippen molar-refractivity contribution >= 4 is 15.7 Å². The van der Waals surface area contributed by atoms with Crippen molar-refractivity contribution in [3.8, 4) is 17.1 Å². The molecule has 1 saturated heterocycles. The Bertz CT molecular complexity index is 1200. The van der Waals surface area contributed by atoms with Gasteiger partial charge in [0.2, 0.25) is 0 Å². The maximum Gasteiger partial charge on any atom is 0.254 e. The smallest absolute Gasteiger partial charge is 0.254 e. The molecule has 1 aromatic heterocycles. The van der Waals surface area contributed by atoms with Gasteiger partial charge in [0.05, 0.1) is 24.7 Å². The van der Waals surface area contributed by atoms with Gasteiger partial charge in [-0.05, 0) is 67.9 Å². The second-order valence-corrected chi connectivity index (χ2v) is 9.95. The third-order valence-electron chi connectivity index (χ3n) is 5.42. The van der Waals surface area contributed by atoms with Gasteiger partial charge in [-0.1, -0.05) is 6.07 Å². The number of furan rings is 1. The molecule has 3 aromatic rings. The van der Waals surface area contributed by atoms with E-state index in [1.165, 1.54) is 12.1 Å². The minimum atomic E-state index is -3.19. The number of amides is 1. The highest BCUT2D eigenvalue weighted by Crippen LogP contribution is 2.27. The molecule has 0 N–H and O–H groups in total. The molecule has 6 nitrogen and oxygen atoms in total. The molecule has 32 heavy (non-hydrogen) atoms. The molecule has 0 spiro atoms. The first-order valence-electron chi connectivity index (χ1n) is 10.4. The average Bonchev–Trinajstić information content (AvgIpc) is 3.38. The normalized spacial score (nSPS) is 17.2. The molecule has 4 rings (SSSR count). The monoisotopic (exact) mass is 457 g/mol. The van der Waals surface area contributed by atoms with E-state index < -0.39 is 15.9 Å². The topological polar surface area (TPSA) is 76.8 Å². The Hall–Kier alpha value is -3.13. The van der Waals surface area contributed by atoms with Crippen LogP contribution in [0.4, 0.5) is 4.39 Å². The van der Waals surface area contributed by atoms with E-state index in [9.17, 15) is 17.6 Å². The molecular weight excluding hydrogens is 433 g/mol. The zero-order valence-corrected chi connectivity index (χ0v) is 18.5. The molecule has 0 unspecified atom stereocenters. The van der Waals surface area contributed by atoms with Crippen molar-refractivity contribution in [2.75, 3.05) is 18.1 Å².